The second-order valence-corrected chi connectivity index (χ2v) is 4.67. The molecule has 1 aliphatic heterocycles. The lowest BCUT2D eigenvalue weighted by molar-refractivity contribution is -0.125. The topological polar surface area (TPSA) is 54.0 Å². The van der Waals surface area contributed by atoms with Crippen LogP contribution in [0.15, 0.2) is 11.6 Å². The number of nitrogens with zero attached hydrogens (tertiary/aromatic N) is 1. The van der Waals surface area contributed by atoms with Gasteiger partial charge in [-0.15, -0.1) is 11.3 Å². The van der Waals surface area contributed by atoms with Gasteiger partial charge in [-0.1, -0.05) is 0 Å². The van der Waals surface area contributed by atoms with Crippen LogP contribution in [-0.2, 0) is 11.3 Å². The molecule has 15 heavy (non-hydrogen) atoms. The highest BCUT2D eigenvalue weighted by molar-refractivity contribution is 7.09. The van der Waals surface area contributed by atoms with E-state index < -0.39 is 0 Å². The summed E-state index contributed by atoms with van der Waals surface area (Å²) in [6.07, 6.45) is 3.85. The van der Waals surface area contributed by atoms with E-state index in [0.717, 1.165) is 30.9 Å². The summed E-state index contributed by atoms with van der Waals surface area (Å²) >= 11 is 1.57. The molecule has 2 N–H and O–H groups in total. The first-order chi connectivity index (χ1) is 7.36. The van der Waals surface area contributed by atoms with Crippen LogP contribution in [0, 0.1) is 5.92 Å². The number of piperidine rings is 1. The van der Waals surface area contributed by atoms with Crippen LogP contribution < -0.4 is 10.6 Å². The zero-order valence-electron chi connectivity index (χ0n) is 8.53. The van der Waals surface area contributed by atoms with Crippen molar-refractivity contribution in [1.29, 1.82) is 0 Å². The van der Waals surface area contributed by atoms with E-state index in [9.17, 15) is 4.79 Å². The van der Waals surface area contributed by atoms with Crippen LogP contribution in [0.2, 0.25) is 0 Å². The van der Waals surface area contributed by atoms with Gasteiger partial charge in [0.15, 0.2) is 0 Å². The summed E-state index contributed by atoms with van der Waals surface area (Å²) in [6.45, 7) is 2.41. The van der Waals surface area contributed by atoms with E-state index >= 15 is 0 Å². The van der Waals surface area contributed by atoms with E-state index in [1.165, 1.54) is 0 Å². The molecule has 1 fully saturated rings. The van der Waals surface area contributed by atoms with E-state index in [1.54, 1.807) is 17.5 Å². The largest absolute Gasteiger partial charge is 0.349 e. The summed E-state index contributed by atoms with van der Waals surface area (Å²) in [5.41, 5.74) is 0. The van der Waals surface area contributed by atoms with Gasteiger partial charge in [-0.25, -0.2) is 4.98 Å². The number of hydrogen-bond acceptors (Lipinski definition) is 4. The van der Waals surface area contributed by atoms with E-state index in [2.05, 4.69) is 15.6 Å². The Kier molecular flexibility index (Phi) is 3.69. The molecule has 0 aromatic carbocycles. The van der Waals surface area contributed by atoms with Crippen LogP contribution in [0.1, 0.15) is 17.8 Å². The Labute approximate surface area is 93.1 Å². The lowest BCUT2D eigenvalue weighted by Crippen LogP contribution is -2.40. The monoisotopic (exact) mass is 225 g/mol. The molecule has 82 valence electrons. The average molecular weight is 225 g/mol. The third-order valence-electron chi connectivity index (χ3n) is 2.56. The predicted octanol–water partition coefficient (Wildman–Crippen LogP) is 0.759. The van der Waals surface area contributed by atoms with Crippen LogP contribution in [0.25, 0.3) is 0 Å². The molecule has 0 unspecified atom stereocenters. The highest BCUT2D eigenvalue weighted by Crippen LogP contribution is 2.10. The number of rotatable bonds is 3. The first-order valence-corrected chi connectivity index (χ1v) is 6.11. The maximum Gasteiger partial charge on any atom is 0.224 e. The van der Waals surface area contributed by atoms with Gasteiger partial charge in [0.05, 0.1) is 12.5 Å². The fraction of sp³-hybridized carbons (Fsp3) is 0.600. The maximum atomic E-state index is 11.7. The van der Waals surface area contributed by atoms with Gasteiger partial charge in [-0.3, -0.25) is 4.79 Å². The van der Waals surface area contributed by atoms with Gasteiger partial charge < -0.3 is 10.6 Å². The Morgan fingerprint density at radius 1 is 1.73 bits per heavy atom. The minimum absolute atomic E-state index is 0.138. The zero-order valence-corrected chi connectivity index (χ0v) is 9.35. The highest BCUT2D eigenvalue weighted by atomic mass is 32.1. The Hall–Kier alpha value is -0.940. The molecule has 0 saturated carbocycles. The summed E-state index contributed by atoms with van der Waals surface area (Å²) in [6, 6.07) is 0. The molecule has 0 bridgehead atoms. The minimum atomic E-state index is 0.138. The van der Waals surface area contributed by atoms with Gasteiger partial charge in [0.1, 0.15) is 5.01 Å². The molecule has 0 radical (unpaired) electrons. The number of carbonyl (C=O) groups excluding carboxylic acids is 1. The summed E-state index contributed by atoms with van der Waals surface area (Å²) in [4.78, 5) is 15.8. The van der Waals surface area contributed by atoms with Crippen LogP contribution in [0.3, 0.4) is 0 Å². The van der Waals surface area contributed by atoms with Crippen molar-refractivity contribution in [2.75, 3.05) is 13.1 Å². The summed E-state index contributed by atoms with van der Waals surface area (Å²) < 4.78 is 0. The first kappa shape index (κ1) is 10.6. The predicted molar refractivity (Wildman–Crippen MR) is 59.6 cm³/mol. The molecule has 1 aromatic heterocycles. The van der Waals surface area contributed by atoms with Gasteiger partial charge >= 0.3 is 0 Å². The van der Waals surface area contributed by atoms with Gasteiger partial charge in [0.2, 0.25) is 5.91 Å². The molecular weight excluding hydrogens is 210 g/mol. The molecule has 5 heteroatoms. The second kappa shape index (κ2) is 5.23. The van der Waals surface area contributed by atoms with Crippen molar-refractivity contribution >= 4 is 17.2 Å². The number of amides is 1. The van der Waals surface area contributed by atoms with Gasteiger partial charge in [0.25, 0.3) is 0 Å². The molecule has 1 aromatic rings. The van der Waals surface area contributed by atoms with Crippen LogP contribution in [0.4, 0.5) is 0 Å². The molecule has 4 nitrogen and oxygen atoms in total. The molecular formula is C10H15N3OS. The Morgan fingerprint density at radius 3 is 3.33 bits per heavy atom. The molecule has 0 aliphatic carbocycles. The first-order valence-electron chi connectivity index (χ1n) is 5.23. The van der Waals surface area contributed by atoms with Crippen LogP contribution in [-0.4, -0.2) is 24.0 Å². The highest BCUT2D eigenvalue weighted by Gasteiger charge is 2.20. The van der Waals surface area contributed by atoms with Crippen molar-refractivity contribution < 1.29 is 4.79 Å². The van der Waals surface area contributed by atoms with E-state index in [1.807, 2.05) is 5.38 Å². The van der Waals surface area contributed by atoms with E-state index in [0.29, 0.717) is 6.54 Å². The zero-order chi connectivity index (χ0) is 10.5. The number of thiazole rings is 1. The molecule has 1 aliphatic rings. The fourth-order valence-corrected chi connectivity index (χ4v) is 2.28. The fourth-order valence-electron chi connectivity index (χ4n) is 1.72. The second-order valence-electron chi connectivity index (χ2n) is 3.69. The van der Waals surface area contributed by atoms with Crippen LogP contribution >= 0.6 is 11.3 Å². The van der Waals surface area contributed by atoms with Crippen molar-refractivity contribution in [3.05, 3.63) is 16.6 Å². The SMILES string of the molecule is O=C(NCc1nccs1)[C@@H]1CCCNC1. The summed E-state index contributed by atoms with van der Waals surface area (Å²) in [7, 11) is 0. The lowest BCUT2D eigenvalue weighted by atomic mass is 9.99. The smallest absolute Gasteiger partial charge is 0.224 e. The van der Waals surface area contributed by atoms with E-state index in [-0.39, 0.29) is 11.8 Å². The van der Waals surface area contributed by atoms with E-state index in [4.69, 9.17) is 0 Å². The number of nitrogens with one attached hydrogen (secondary N) is 2. The Bertz CT molecular complexity index is 306. The van der Waals surface area contributed by atoms with Crippen molar-refractivity contribution in [3.8, 4) is 0 Å². The van der Waals surface area contributed by atoms with Crippen LogP contribution in [0.5, 0.6) is 0 Å². The number of aromatic nitrogens is 1. The van der Waals surface area contributed by atoms with Crippen molar-refractivity contribution in [2.24, 2.45) is 5.92 Å². The third-order valence-corrected chi connectivity index (χ3v) is 3.34. The van der Waals surface area contributed by atoms with Crippen molar-refractivity contribution in [1.82, 2.24) is 15.6 Å². The Morgan fingerprint density at radius 2 is 2.67 bits per heavy atom. The molecule has 1 atom stereocenters. The summed E-state index contributed by atoms with van der Waals surface area (Å²) in [5.74, 6) is 0.288. The molecule has 2 rings (SSSR count). The lowest BCUT2D eigenvalue weighted by Gasteiger charge is -2.21. The quantitative estimate of drug-likeness (QED) is 0.798. The number of carbonyl (C=O) groups is 1. The van der Waals surface area contributed by atoms with Gasteiger partial charge in [-0.2, -0.15) is 0 Å². The standard InChI is InChI=1S/C10H15N3OS/c14-10(8-2-1-3-11-6-8)13-7-9-12-4-5-15-9/h4-5,8,11H,1-3,6-7H2,(H,13,14)/t8-/m1/s1. The maximum absolute atomic E-state index is 11.7. The van der Waals surface area contributed by atoms with Gasteiger partial charge in [-0.05, 0) is 19.4 Å². The normalized spacial score (nSPS) is 21.2. The molecule has 1 saturated heterocycles. The van der Waals surface area contributed by atoms with Gasteiger partial charge in [0, 0.05) is 18.1 Å². The van der Waals surface area contributed by atoms with Crippen molar-refractivity contribution in [2.45, 2.75) is 19.4 Å². The Balaban J connectivity index is 1.76. The number of hydrogen-bond donors (Lipinski definition) is 2. The summed E-state index contributed by atoms with van der Waals surface area (Å²) in [5, 5.41) is 9.04. The molecule has 0 spiro atoms. The molecule has 1 amide bonds. The molecule has 2 heterocycles. The van der Waals surface area contributed by atoms with Crippen molar-refractivity contribution in [3.63, 3.8) is 0 Å². The minimum Gasteiger partial charge on any atom is -0.349 e. The third kappa shape index (κ3) is 3.00. The average Bonchev–Trinajstić information content (AvgIpc) is 2.80.